The van der Waals surface area contributed by atoms with E-state index in [0.29, 0.717) is 13.0 Å². The molecule has 0 aromatic heterocycles. The summed E-state index contributed by atoms with van der Waals surface area (Å²) in [7, 11) is 0. The summed E-state index contributed by atoms with van der Waals surface area (Å²) >= 11 is 0. The van der Waals surface area contributed by atoms with Crippen LogP contribution in [0.5, 0.6) is 0 Å². The molecule has 14 heavy (non-hydrogen) atoms. The molecule has 4 nitrogen and oxygen atoms in total. The lowest BCUT2D eigenvalue weighted by Gasteiger charge is -2.22. The Kier molecular flexibility index (Phi) is 3.89. The maximum atomic E-state index is 10.3. The lowest BCUT2D eigenvalue weighted by molar-refractivity contribution is -0.160. The molecule has 1 saturated heterocycles. The van der Waals surface area contributed by atoms with Gasteiger partial charge in [-0.15, -0.1) is 0 Å². The molecule has 0 saturated carbocycles. The van der Waals surface area contributed by atoms with Gasteiger partial charge in [-0.25, -0.2) is 0 Å². The fraction of sp³-hybridized carbons (Fsp3) is 0.900. The van der Waals surface area contributed by atoms with Gasteiger partial charge in [-0.3, -0.25) is 4.79 Å². The van der Waals surface area contributed by atoms with Gasteiger partial charge in [0, 0.05) is 12.8 Å². The highest BCUT2D eigenvalue weighted by Gasteiger charge is 2.36. The van der Waals surface area contributed by atoms with Gasteiger partial charge >= 0.3 is 5.97 Å². The van der Waals surface area contributed by atoms with Crippen LogP contribution in [0.3, 0.4) is 0 Å². The van der Waals surface area contributed by atoms with Gasteiger partial charge in [-0.05, 0) is 13.3 Å². The van der Waals surface area contributed by atoms with Gasteiger partial charge in [0.25, 0.3) is 0 Å². The van der Waals surface area contributed by atoms with E-state index in [1.54, 1.807) is 0 Å². The van der Waals surface area contributed by atoms with E-state index in [4.69, 9.17) is 14.6 Å². The normalized spacial score (nSPS) is 32.0. The average molecular weight is 202 g/mol. The summed E-state index contributed by atoms with van der Waals surface area (Å²) in [6, 6.07) is 0. The maximum absolute atomic E-state index is 10.3. The molecule has 4 heteroatoms. The van der Waals surface area contributed by atoms with Crippen molar-refractivity contribution in [1.29, 1.82) is 0 Å². The van der Waals surface area contributed by atoms with Crippen molar-refractivity contribution in [3.63, 3.8) is 0 Å². The molecule has 0 aromatic rings. The van der Waals surface area contributed by atoms with Crippen LogP contribution in [0.1, 0.15) is 39.5 Å². The van der Waals surface area contributed by atoms with Crippen molar-refractivity contribution in [2.75, 3.05) is 6.61 Å². The average Bonchev–Trinajstić information content (AvgIpc) is 2.45. The van der Waals surface area contributed by atoms with Crippen molar-refractivity contribution in [3.8, 4) is 0 Å². The molecule has 0 amide bonds. The summed E-state index contributed by atoms with van der Waals surface area (Å²) in [6.07, 6.45) is 2.49. The SMILES string of the molecule is CCCC1(C)OCC(CCC(=O)O)O1. The largest absolute Gasteiger partial charge is 0.481 e. The van der Waals surface area contributed by atoms with Gasteiger partial charge in [-0.2, -0.15) is 0 Å². The van der Waals surface area contributed by atoms with Crippen molar-refractivity contribution in [2.24, 2.45) is 0 Å². The van der Waals surface area contributed by atoms with E-state index in [0.717, 1.165) is 12.8 Å². The van der Waals surface area contributed by atoms with Gasteiger partial charge in [0.05, 0.1) is 12.7 Å². The van der Waals surface area contributed by atoms with Crippen LogP contribution in [0.15, 0.2) is 0 Å². The highest BCUT2D eigenvalue weighted by Crippen LogP contribution is 2.29. The van der Waals surface area contributed by atoms with Crippen LogP contribution in [0.2, 0.25) is 0 Å². The van der Waals surface area contributed by atoms with Gasteiger partial charge in [0.15, 0.2) is 5.79 Å². The summed E-state index contributed by atoms with van der Waals surface area (Å²) in [4.78, 5) is 10.3. The molecule has 1 N–H and O–H groups in total. The number of carbonyl (C=O) groups is 1. The first-order valence-corrected chi connectivity index (χ1v) is 5.09. The maximum Gasteiger partial charge on any atom is 0.303 e. The van der Waals surface area contributed by atoms with Crippen LogP contribution in [-0.4, -0.2) is 29.6 Å². The third-order valence-corrected chi connectivity index (χ3v) is 2.37. The molecule has 0 aliphatic carbocycles. The van der Waals surface area contributed by atoms with Crippen molar-refractivity contribution >= 4 is 5.97 Å². The summed E-state index contributed by atoms with van der Waals surface area (Å²) < 4.78 is 11.2. The van der Waals surface area contributed by atoms with E-state index in [2.05, 4.69) is 6.92 Å². The second-order valence-electron chi connectivity index (χ2n) is 3.87. The zero-order chi connectivity index (χ0) is 10.6. The lowest BCUT2D eigenvalue weighted by atomic mass is 10.2. The molecule has 0 spiro atoms. The molecule has 1 fully saturated rings. The number of hydrogen-bond donors (Lipinski definition) is 1. The zero-order valence-corrected chi connectivity index (χ0v) is 8.78. The molecular formula is C10H18O4. The Bertz CT molecular complexity index is 204. The molecule has 2 unspecified atom stereocenters. The van der Waals surface area contributed by atoms with Crippen LogP contribution in [0, 0.1) is 0 Å². The number of aliphatic carboxylic acids is 1. The third-order valence-electron chi connectivity index (χ3n) is 2.37. The molecule has 0 radical (unpaired) electrons. The molecule has 0 aromatic carbocycles. The van der Waals surface area contributed by atoms with E-state index in [1.165, 1.54) is 0 Å². The quantitative estimate of drug-likeness (QED) is 0.738. The number of carboxylic acids is 1. The van der Waals surface area contributed by atoms with Crippen LogP contribution in [0.4, 0.5) is 0 Å². The molecule has 2 atom stereocenters. The van der Waals surface area contributed by atoms with Crippen molar-refractivity contribution in [2.45, 2.75) is 51.4 Å². The Balaban J connectivity index is 2.29. The minimum absolute atomic E-state index is 0.0531. The first-order valence-electron chi connectivity index (χ1n) is 5.09. The number of rotatable bonds is 5. The monoisotopic (exact) mass is 202 g/mol. The first-order chi connectivity index (χ1) is 6.56. The van der Waals surface area contributed by atoms with Crippen molar-refractivity contribution in [1.82, 2.24) is 0 Å². The highest BCUT2D eigenvalue weighted by atomic mass is 16.7. The summed E-state index contributed by atoms with van der Waals surface area (Å²) in [5.74, 6) is -1.27. The fourth-order valence-electron chi connectivity index (χ4n) is 1.70. The first kappa shape index (κ1) is 11.5. The van der Waals surface area contributed by atoms with Crippen LogP contribution in [0.25, 0.3) is 0 Å². The smallest absolute Gasteiger partial charge is 0.303 e. The Morgan fingerprint density at radius 1 is 1.64 bits per heavy atom. The van der Waals surface area contributed by atoms with E-state index < -0.39 is 11.8 Å². The number of hydrogen-bond acceptors (Lipinski definition) is 3. The van der Waals surface area contributed by atoms with E-state index in [1.807, 2.05) is 6.92 Å². The van der Waals surface area contributed by atoms with Crippen LogP contribution in [-0.2, 0) is 14.3 Å². The Labute approximate surface area is 84.2 Å². The predicted molar refractivity (Wildman–Crippen MR) is 51.0 cm³/mol. The Morgan fingerprint density at radius 3 is 2.93 bits per heavy atom. The Morgan fingerprint density at radius 2 is 2.36 bits per heavy atom. The molecule has 82 valence electrons. The molecular weight excluding hydrogens is 184 g/mol. The number of ether oxygens (including phenoxy) is 2. The minimum Gasteiger partial charge on any atom is -0.481 e. The van der Waals surface area contributed by atoms with Gasteiger partial charge in [0.2, 0.25) is 0 Å². The molecule has 1 heterocycles. The molecule has 1 rings (SSSR count). The second-order valence-corrected chi connectivity index (χ2v) is 3.87. The van der Waals surface area contributed by atoms with Gasteiger partial charge in [-0.1, -0.05) is 13.3 Å². The zero-order valence-electron chi connectivity index (χ0n) is 8.78. The third kappa shape index (κ3) is 3.27. The highest BCUT2D eigenvalue weighted by molar-refractivity contribution is 5.66. The van der Waals surface area contributed by atoms with Gasteiger partial charge in [0.1, 0.15) is 0 Å². The topological polar surface area (TPSA) is 55.8 Å². The van der Waals surface area contributed by atoms with Gasteiger partial charge < -0.3 is 14.6 Å². The number of carboxylic acid groups (broad SMARTS) is 1. The molecule has 1 aliphatic heterocycles. The minimum atomic E-state index is -0.780. The summed E-state index contributed by atoms with van der Waals surface area (Å²) in [5, 5.41) is 8.51. The second kappa shape index (κ2) is 4.75. The van der Waals surface area contributed by atoms with Crippen LogP contribution < -0.4 is 0 Å². The van der Waals surface area contributed by atoms with E-state index in [-0.39, 0.29) is 12.5 Å². The van der Waals surface area contributed by atoms with Crippen LogP contribution >= 0.6 is 0 Å². The molecule has 0 bridgehead atoms. The Hall–Kier alpha value is -0.610. The van der Waals surface area contributed by atoms with E-state index in [9.17, 15) is 4.79 Å². The summed E-state index contributed by atoms with van der Waals surface area (Å²) in [5.41, 5.74) is 0. The fourth-order valence-corrected chi connectivity index (χ4v) is 1.70. The predicted octanol–water partition coefficient (Wildman–Crippen LogP) is 1.78. The standard InChI is InChI=1S/C10H18O4/c1-3-6-10(2)13-7-8(14-10)4-5-9(11)12/h8H,3-7H2,1-2H3,(H,11,12). The summed E-state index contributed by atoms with van der Waals surface area (Å²) in [6.45, 7) is 4.50. The lowest BCUT2D eigenvalue weighted by Crippen LogP contribution is -2.26. The molecule has 1 aliphatic rings. The van der Waals surface area contributed by atoms with Crippen molar-refractivity contribution in [3.05, 3.63) is 0 Å². The van der Waals surface area contributed by atoms with E-state index >= 15 is 0 Å². The van der Waals surface area contributed by atoms with Crippen molar-refractivity contribution < 1.29 is 19.4 Å².